The number of nitrogens with one attached hydrogen (secondary N) is 1. The van der Waals surface area contributed by atoms with Crippen molar-refractivity contribution in [3.63, 3.8) is 0 Å². The smallest absolute Gasteiger partial charge is 0.0368 e. The van der Waals surface area contributed by atoms with E-state index < -0.39 is 0 Å². The van der Waals surface area contributed by atoms with Crippen molar-refractivity contribution in [3.8, 4) is 0 Å². The molecule has 0 heterocycles. The van der Waals surface area contributed by atoms with Crippen LogP contribution < -0.4 is 10.2 Å². The van der Waals surface area contributed by atoms with Crippen LogP contribution in [0.15, 0.2) is 24.3 Å². The Morgan fingerprint density at radius 1 is 1.12 bits per heavy atom. The highest BCUT2D eigenvalue weighted by Crippen LogP contribution is 2.17. The Balaban J connectivity index is 2.60. The van der Waals surface area contributed by atoms with Crippen molar-refractivity contribution >= 4 is 5.69 Å². The summed E-state index contributed by atoms with van der Waals surface area (Å²) in [5.74, 6) is 0. The molecule has 0 aromatic heterocycles. The van der Waals surface area contributed by atoms with E-state index in [4.69, 9.17) is 0 Å². The lowest BCUT2D eigenvalue weighted by atomic mass is 10.1. The summed E-state index contributed by atoms with van der Waals surface area (Å²) in [4.78, 5) is 2.41. The van der Waals surface area contributed by atoms with Gasteiger partial charge in [-0.2, -0.15) is 0 Å². The van der Waals surface area contributed by atoms with Gasteiger partial charge in [0.25, 0.3) is 0 Å². The van der Waals surface area contributed by atoms with Crippen LogP contribution >= 0.6 is 0 Å². The quantitative estimate of drug-likeness (QED) is 0.727. The maximum absolute atomic E-state index is 3.42. The molecule has 96 valence electrons. The number of hydrogen-bond donors (Lipinski definition) is 1. The first-order chi connectivity index (χ1) is 8.19. The molecule has 0 aliphatic heterocycles. The molecule has 0 aliphatic rings. The molecule has 0 bridgehead atoms. The minimum Gasteiger partial charge on any atom is -0.369 e. The standard InChI is InChI=1S/C15H26N2/c1-5-11-16-12-14-7-9-15(10-8-14)17(6-2)13(3)4/h7-10,13,16H,5-6,11-12H2,1-4H3. The summed E-state index contributed by atoms with van der Waals surface area (Å²) in [6.07, 6.45) is 1.19. The van der Waals surface area contributed by atoms with Gasteiger partial charge in [0.2, 0.25) is 0 Å². The molecule has 0 saturated carbocycles. The summed E-state index contributed by atoms with van der Waals surface area (Å²) in [7, 11) is 0. The minimum atomic E-state index is 0.559. The van der Waals surface area contributed by atoms with Gasteiger partial charge in [-0.25, -0.2) is 0 Å². The van der Waals surface area contributed by atoms with E-state index in [1.165, 1.54) is 17.7 Å². The van der Waals surface area contributed by atoms with Gasteiger partial charge in [-0.3, -0.25) is 0 Å². The van der Waals surface area contributed by atoms with E-state index in [0.29, 0.717) is 6.04 Å². The second-order valence-corrected chi connectivity index (χ2v) is 4.72. The molecule has 0 aliphatic carbocycles. The molecule has 2 heteroatoms. The van der Waals surface area contributed by atoms with Gasteiger partial charge < -0.3 is 10.2 Å². The van der Waals surface area contributed by atoms with E-state index in [1.54, 1.807) is 0 Å². The van der Waals surface area contributed by atoms with Gasteiger partial charge in [0, 0.05) is 24.8 Å². The van der Waals surface area contributed by atoms with Crippen LogP contribution in [-0.4, -0.2) is 19.1 Å². The highest BCUT2D eigenvalue weighted by Gasteiger charge is 2.07. The maximum atomic E-state index is 3.42. The van der Waals surface area contributed by atoms with E-state index in [0.717, 1.165) is 19.6 Å². The summed E-state index contributed by atoms with van der Waals surface area (Å²) in [5, 5.41) is 3.42. The molecule has 1 aromatic carbocycles. The van der Waals surface area contributed by atoms with Gasteiger partial charge in [0.1, 0.15) is 0 Å². The van der Waals surface area contributed by atoms with Gasteiger partial charge in [0.15, 0.2) is 0 Å². The van der Waals surface area contributed by atoms with E-state index in [-0.39, 0.29) is 0 Å². The van der Waals surface area contributed by atoms with Crippen LogP contribution in [0.3, 0.4) is 0 Å². The van der Waals surface area contributed by atoms with Crippen LogP contribution in [0.4, 0.5) is 5.69 Å². The van der Waals surface area contributed by atoms with Gasteiger partial charge in [-0.1, -0.05) is 19.1 Å². The van der Waals surface area contributed by atoms with Crippen LogP contribution in [0.1, 0.15) is 39.7 Å². The first-order valence-corrected chi connectivity index (χ1v) is 6.75. The zero-order valence-electron chi connectivity index (χ0n) is 11.7. The molecular weight excluding hydrogens is 208 g/mol. The second-order valence-electron chi connectivity index (χ2n) is 4.72. The van der Waals surface area contributed by atoms with Crippen molar-refractivity contribution in [2.24, 2.45) is 0 Å². The van der Waals surface area contributed by atoms with E-state index in [9.17, 15) is 0 Å². The minimum absolute atomic E-state index is 0.559. The Hall–Kier alpha value is -1.02. The summed E-state index contributed by atoms with van der Waals surface area (Å²) < 4.78 is 0. The van der Waals surface area contributed by atoms with Crippen LogP contribution in [0, 0.1) is 0 Å². The molecule has 2 nitrogen and oxygen atoms in total. The van der Waals surface area contributed by atoms with Crippen LogP contribution in [-0.2, 0) is 6.54 Å². The maximum Gasteiger partial charge on any atom is 0.0368 e. The van der Waals surface area contributed by atoms with Crippen molar-refractivity contribution in [1.29, 1.82) is 0 Å². The fraction of sp³-hybridized carbons (Fsp3) is 0.600. The zero-order chi connectivity index (χ0) is 12.7. The number of nitrogens with zero attached hydrogens (tertiary/aromatic N) is 1. The molecule has 0 radical (unpaired) electrons. The molecule has 0 atom stereocenters. The Bertz CT molecular complexity index is 303. The number of benzene rings is 1. The monoisotopic (exact) mass is 234 g/mol. The molecular formula is C15H26N2. The zero-order valence-corrected chi connectivity index (χ0v) is 11.7. The third-order valence-electron chi connectivity index (χ3n) is 2.99. The fourth-order valence-electron chi connectivity index (χ4n) is 2.06. The average molecular weight is 234 g/mol. The van der Waals surface area contributed by atoms with Gasteiger partial charge >= 0.3 is 0 Å². The first kappa shape index (κ1) is 14.0. The van der Waals surface area contributed by atoms with Crippen LogP contribution in [0.5, 0.6) is 0 Å². The summed E-state index contributed by atoms with van der Waals surface area (Å²) in [6.45, 7) is 12.0. The van der Waals surface area contributed by atoms with E-state index >= 15 is 0 Å². The van der Waals surface area contributed by atoms with Crippen LogP contribution in [0.25, 0.3) is 0 Å². The topological polar surface area (TPSA) is 15.3 Å². The Labute approximate surface area is 106 Å². The van der Waals surface area contributed by atoms with Crippen molar-refractivity contribution in [2.45, 2.75) is 46.7 Å². The largest absolute Gasteiger partial charge is 0.369 e. The average Bonchev–Trinajstić information content (AvgIpc) is 2.32. The SMILES string of the molecule is CCCNCc1ccc(N(CC)C(C)C)cc1. The molecule has 0 amide bonds. The van der Waals surface area contributed by atoms with Gasteiger partial charge in [-0.05, 0) is 51.4 Å². The first-order valence-electron chi connectivity index (χ1n) is 6.75. The highest BCUT2D eigenvalue weighted by atomic mass is 15.1. The molecule has 17 heavy (non-hydrogen) atoms. The Morgan fingerprint density at radius 3 is 2.24 bits per heavy atom. The molecule has 0 saturated heterocycles. The van der Waals surface area contributed by atoms with Crippen LogP contribution in [0.2, 0.25) is 0 Å². The van der Waals surface area contributed by atoms with E-state index in [1.807, 2.05) is 0 Å². The third-order valence-corrected chi connectivity index (χ3v) is 2.99. The number of anilines is 1. The molecule has 0 fully saturated rings. The lowest BCUT2D eigenvalue weighted by molar-refractivity contribution is 0.674. The van der Waals surface area contributed by atoms with Crippen molar-refractivity contribution in [2.75, 3.05) is 18.0 Å². The van der Waals surface area contributed by atoms with Crippen molar-refractivity contribution < 1.29 is 0 Å². The fourth-order valence-corrected chi connectivity index (χ4v) is 2.06. The normalized spacial score (nSPS) is 10.9. The third kappa shape index (κ3) is 4.39. The molecule has 1 aromatic rings. The van der Waals surface area contributed by atoms with Gasteiger partial charge in [0.05, 0.1) is 0 Å². The Kier molecular flexibility index (Phi) is 6.06. The number of rotatable bonds is 7. The molecule has 1 N–H and O–H groups in total. The second kappa shape index (κ2) is 7.33. The van der Waals surface area contributed by atoms with Gasteiger partial charge in [-0.15, -0.1) is 0 Å². The summed E-state index contributed by atoms with van der Waals surface area (Å²) >= 11 is 0. The lowest BCUT2D eigenvalue weighted by Gasteiger charge is -2.27. The molecule has 0 spiro atoms. The lowest BCUT2D eigenvalue weighted by Crippen LogP contribution is -2.30. The highest BCUT2D eigenvalue weighted by molar-refractivity contribution is 5.48. The summed E-state index contributed by atoms with van der Waals surface area (Å²) in [6, 6.07) is 9.47. The predicted octanol–water partition coefficient (Wildman–Crippen LogP) is 3.42. The predicted molar refractivity (Wildman–Crippen MR) is 76.6 cm³/mol. The van der Waals surface area contributed by atoms with Crippen molar-refractivity contribution in [1.82, 2.24) is 5.32 Å². The summed E-state index contributed by atoms with van der Waals surface area (Å²) in [5.41, 5.74) is 2.68. The molecule has 0 unspecified atom stereocenters. The van der Waals surface area contributed by atoms with Crippen molar-refractivity contribution in [3.05, 3.63) is 29.8 Å². The molecule has 1 rings (SSSR count). The van der Waals surface area contributed by atoms with E-state index in [2.05, 4.69) is 62.2 Å². The number of hydrogen-bond acceptors (Lipinski definition) is 2. The Morgan fingerprint density at radius 2 is 1.76 bits per heavy atom.